The van der Waals surface area contributed by atoms with Crippen molar-refractivity contribution >= 4 is 17.3 Å². The van der Waals surface area contributed by atoms with Gasteiger partial charge in [0.05, 0.1) is 11.4 Å². The summed E-state index contributed by atoms with van der Waals surface area (Å²) in [5, 5.41) is 13.3. The molecule has 0 bridgehead atoms. The van der Waals surface area contributed by atoms with E-state index in [-0.39, 0.29) is 34.2 Å². The molecule has 1 aliphatic carbocycles. The number of anilines is 1. The van der Waals surface area contributed by atoms with Gasteiger partial charge in [0.15, 0.2) is 0 Å². The fraction of sp³-hybridized carbons (Fsp3) is 0.333. The minimum absolute atomic E-state index is 0.0333. The molecule has 0 fully saturated rings. The highest BCUT2D eigenvalue weighted by Gasteiger charge is 2.35. The van der Waals surface area contributed by atoms with E-state index in [2.05, 4.69) is 11.4 Å². The smallest absolute Gasteiger partial charge is 0.232 e. The Morgan fingerprint density at radius 1 is 1.23 bits per heavy atom. The lowest BCUT2D eigenvalue weighted by molar-refractivity contribution is -0.132. The van der Waals surface area contributed by atoms with E-state index in [1.54, 1.807) is 12.1 Å². The molecule has 1 aromatic rings. The zero-order chi connectivity index (χ0) is 19.4. The van der Waals surface area contributed by atoms with Crippen molar-refractivity contribution in [1.29, 1.82) is 0 Å². The second-order valence-electron chi connectivity index (χ2n) is 6.79. The lowest BCUT2D eigenvalue weighted by atomic mass is 9.83. The summed E-state index contributed by atoms with van der Waals surface area (Å²) >= 11 is 0. The normalized spacial score (nSPS) is 16.0. The van der Waals surface area contributed by atoms with Crippen molar-refractivity contribution in [3.8, 4) is 0 Å². The lowest BCUT2D eigenvalue weighted by Gasteiger charge is -2.25. The third kappa shape index (κ3) is 4.10. The van der Waals surface area contributed by atoms with Crippen LogP contribution in [0.15, 0.2) is 58.5 Å². The summed E-state index contributed by atoms with van der Waals surface area (Å²) in [6, 6.07) is 5.99. The van der Waals surface area contributed by atoms with Gasteiger partial charge in [-0.1, -0.05) is 30.7 Å². The molecule has 0 spiro atoms. The van der Waals surface area contributed by atoms with Crippen LogP contribution in [0.4, 0.5) is 10.1 Å². The predicted octanol–water partition coefficient (Wildman–Crippen LogP) is 4.86. The highest BCUT2D eigenvalue weighted by molar-refractivity contribution is 6.50. The number of Topliss-reactive ketones (excluding diaryl/α,β-unsaturated/α-hetero) is 2. The zero-order valence-electron chi connectivity index (χ0n) is 15.5. The summed E-state index contributed by atoms with van der Waals surface area (Å²) < 4.78 is 14.0. The van der Waals surface area contributed by atoms with Crippen molar-refractivity contribution in [2.24, 2.45) is 5.92 Å². The molecule has 1 aliphatic rings. The van der Waals surface area contributed by atoms with Crippen LogP contribution in [0.1, 0.15) is 40.5 Å². The maximum Gasteiger partial charge on any atom is 0.232 e. The molecule has 1 aromatic carbocycles. The Kier molecular flexibility index (Phi) is 6.14. The molecule has 26 heavy (non-hydrogen) atoms. The summed E-state index contributed by atoms with van der Waals surface area (Å²) in [7, 11) is 0. The van der Waals surface area contributed by atoms with E-state index in [4.69, 9.17) is 0 Å². The third-order valence-corrected chi connectivity index (χ3v) is 4.43. The molecule has 5 heteroatoms. The second-order valence-corrected chi connectivity index (χ2v) is 6.79. The quantitative estimate of drug-likeness (QED) is 0.433. The van der Waals surface area contributed by atoms with Crippen molar-refractivity contribution in [3.63, 3.8) is 0 Å². The van der Waals surface area contributed by atoms with Crippen molar-refractivity contribution in [1.82, 2.24) is 0 Å². The molecule has 0 aromatic heterocycles. The van der Waals surface area contributed by atoms with Gasteiger partial charge in [0.25, 0.3) is 0 Å². The van der Waals surface area contributed by atoms with Gasteiger partial charge in [-0.05, 0) is 51.7 Å². The Hall–Kier alpha value is -2.69. The van der Waals surface area contributed by atoms with Gasteiger partial charge in [-0.25, -0.2) is 4.39 Å². The van der Waals surface area contributed by atoms with Crippen LogP contribution in [-0.4, -0.2) is 16.7 Å². The fourth-order valence-corrected chi connectivity index (χ4v) is 2.89. The Morgan fingerprint density at radius 3 is 2.50 bits per heavy atom. The largest absolute Gasteiger partial charge is 0.505 e. The standard InChI is InChI=1S/C21H24FNO3/c1-12(2)8-7-9-13(3)17-18(19(24)14(4)20(25)21(17)26)23-16-11-6-5-10-15(16)22/h5-6,8,10-11,13,23-24H,7,9H2,1-4H3. The van der Waals surface area contributed by atoms with E-state index in [0.717, 1.165) is 6.42 Å². The number of carbonyl (C=O) groups is 2. The van der Waals surface area contributed by atoms with Crippen LogP contribution in [0.5, 0.6) is 0 Å². The van der Waals surface area contributed by atoms with Crippen LogP contribution in [0, 0.1) is 11.7 Å². The van der Waals surface area contributed by atoms with Crippen LogP contribution in [-0.2, 0) is 9.59 Å². The maximum absolute atomic E-state index is 14.0. The van der Waals surface area contributed by atoms with Gasteiger partial charge in [0.2, 0.25) is 11.6 Å². The fourth-order valence-electron chi connectivity index (χ4n) is 2.89. The summed E-state index contributed by atoms with van der Waals surface area (Å²) in [5.74, 6) is -2.45. The molecule has 0 radical (unpaired) electrons. The minimum Gasteiger partial charge on any atom is -0.505 e. The minimum atomic E-state index is -0.717. The molecule has 0 saturated heterocycles. The van der Waals surface area contributed by atoms with Gasteiger partial charge in [-0.3, -0.25) is 9.59 Å². The Balaban J connectivity index is 2.47. The van der Waals surface area contributed by atoms with Gasteiger partial charge in [0, 0.05) is 11.1 Å². The molecular weight excluding hydrogens is 333 g/mol. The highest BCUT2D eigenvalue weighted by atomic mass is 19.1. The number of para-hydroxylation sites is 1. The number of benzene rings is 1. The number of aliphatic hydroxyl groups excluding tert-OH is 1. The average molecular weight is 357 g/mol. The number of nitrogens with one attached hydrogen (secondary N) is 1. The summed E-state index contributed by atoms with van der Waals surface area (Å²) in [6.45, 7) is 7.20. The molecular formula is C21H24FNO3. The maximum atomic E-state index is 14.0. The molecule has 2 N–H and O–H groups in total. The number of halogens is 1. The van der Waals surface area contributed by atoms with Crippen LogP contribution in [0.3, 0.4) is 0 Å². The number of hydrogen-bond acceptors (Lipinski definition) is 4. The van der Waals surface area contributed by atoms with E-state index in [1.807, 2.05) is 20.8 Å². The first-order chi connectivity index (χ1) is 12.2. The summed E-state index contributed by atoms with van der Waals surface area (Å²) in [5.41, 5.74) is 1.58. The first kappa shape index (κ1) is 19.6. The van der Waals surface area contributed by atoms with Crippen molar-refractivity contribution in [3.05, 3.63) is 64.3 Å². The predicted molar refractivity (Wildman–Crippen MR) is 100 cm³/mol. The number of allylic oxidation sites excluding steroid dienone is 4. The molecule has 0 amide bonds. The van der Waals surface area contributed by atoms with E-state index in [0.29, 0.717) is 6.42 Å². The monoisotopic (exact) mass is 357 g/mol. The first-order valence-corrected chi connectivity index (χ1v) is 8.62. The Morgan fingerprint density at radius 2 is 1.88 bits per heavy atom. The molecule has 1 unspecified atom stereocenters. The lowest BCUT2D eigenvalue weighted by Crippen LogP contribution is -2.30. The van der Waals surface area contributed by atoms with Crippen LogP contribution in [0.2, 0.25) is 0 Å². The van der Waals surface area contributed by atoms with Crippen molar-refractivity contribution in [2.75, 3.05) is 5.32 Å². The molecule has 0 aliphatic heterocycles. The number of rotatable bonds is 6. The van der Waals surface area contributed by atoms with Crippen LogP contribution >= 0.6 is 0 Å². The summed E-state index contributed by atoms with van der Waals surface area (Å²) in [4.78, 5) is 24.8. The number of carbonyl (C=O) groups excluding carboxylic acids is 2. The average Bonchev–Trinajstić information content (AvgIpc) is 2.59. The van der Waals surface area contributed by atoms with Gasteiger partial charge < -0.3 is 10.4 Å². The first-order valence-electron chi connectivity index (χ1n) is 8.62. The molecule has 4 nitrogen and oxygen atoms in total. The van der Waals surface area contributed by atoms with E-state index in [9.17, 15) is 19.1 Å². The topological polar surface area (TPSA) is 66.4 Å². The third-order valence-electron chi connectivity index (χ3n) is 4.43. The Labute approximate surface area is 153 Å². The Bertz CT molecular complexity index is 829. The van der Waals surface area contributed by atoms with E-state index < -0.39 is 17.4 Å². The van der Waals surface area contributed by atoms with Crippen molar-refractivity contribution < 1.29 is 19.1 Å². The van der Waals surface area contributed by atoms with Gasteiger partial charge >= 0.3 is 0 Å². The molecule has 0 heterocycles. The molecule has 138 valence electrons. The molecule has 0 saturated carbocycles. The van der Waals surface area contributed by atoms with Crippen LogP contribution < -0.4 is 5.32 Å². The van der Waals surface area contributed by atoms with Crippen LogP contribution in [0.25, 0.3) is 0 Å². The van der Waals surface area contributed by atoms with Crippen molar-refractivity contribution in [2.45, 2.75) is 40.5 Å². The van der Waals surface area contributed by atoms with E-state index >= 15 is 0 Å². The number of hydrogen-bond donors (Lipinski definition) is 2. The van der Waals surface area contributed by atoms with E-state index in [1.165, 1.54) is 24.6 Å². The second kappa shape index (κ2) is 8.13. The van der Waals surface area contributed by atoms with Gasteiger partial charge in [-0.15, -0.1) is 0 Å². The summed E-state index contributed by atoms with van der Waals surface area (Å²) in [6.07, 6.45) is 3.43. The number of ketones is 2. The van der Waals surface area contributed by atoms with Gasteiger partial charge in [0.1, 0.15) is 11.6 Å². The molecule has 1 atom stereocenters. The SMILES string of the molecule is CC(C)=CCCC(C)C1=C(Nc2ccccc2F)C(O)=C(C)C(=O)C1=O. The molecule has 2 rings (SSSR count). The number of aliphatic hydroxyl groups is 1. The van der Waals surface area contributed by atoms with Gasteiger partial charge in [-0.2, -0.15) is 0 Å². The zero-order valence-corrected chi connectivity index (χ0v) is 15.5. The highest BCUT2D eigenvalue weighted by Crippen LogP contribution is 2.32.